The maximum atomic E-state index is 12.1. The van der Waals surface area contributed by atoms with Gasteiger partial charge in [0.2, 0.25) is 5.91 Å². The molecule has 1 aromatic heterocycles. The average molecular weight is 405 g/mol. The van der Waals surface area contributed by atoms with Gasteiger partial charge in [-0.3, -0.25) is 30.0 Å². The van der Waals surface area contributed by atoms with E-state index in [1.165, 1.54) is 23.1 Å². The second-order valence-electron chi connectivity index (χ2n) is 5.44. The van der Waals surface area contributed by atoms with Crippen molar-refractivity contribution in [2.75, 3.05) is 11.9 Å². The van der Waals surface area contributed by atoms with Crippen LogP contribution in [0.3, 0.4) is 0 Å². The highest BCUT2D eigenvalue weighted by molar-refractivity contribution is 8.01. The fraction of sp³-hybridized carbons (Fsp3) is 0.176. The van der Waals surface area contributed by atoms with Gasteiger partial charge in [-0.25, -0.2) is 0 Å². The molecule has 1 aromatic carbocycles. The van der Waals surface area contributed by atoms with Crippen LogP contribution in [0, 0.1) is 0 Å². The number of hydrogen-bond acceptors (Lipinski definition) is 7. The molecule has 140 valence electrons. The van der Waals surface area contributed by atoms with E-state index in [2.05, 4.69) is 16.2 Å². The smallest absolute Gasteiger partial charge is 0.307 e. The summed E-state index contributed by atoms with van der Waals surface area (Å²) in [5.74, 6) is -2.11. The van der Waals surface area contributed by atoms with Crippen molar-refractivity contribution in [3.05, 3.63) is 46.7 Å². The van der Waals surface area contributed by atoms with Gasteiger partial charge in [-0.05, 0) is 23.6 Å². The zero-order valence-corrected chi connectivity index (χ0v) is 15.5. The summed E-state index contributed by atoms with van der Waals surface area (Å²) in [6.07, 6.45) is -0.167. The minimum Gasteiger partial charge on any atom is -0.455 e. The van der Waals surface area contributed by atoms with Crippen LogP contribution in [-0.4, -0.2) is 35.5 Å². The van der Waals surface area contributed by atoms with E-state index in [1.54, 1.807) is 23.6 Å². The minimum atomic E-state index is -0.681. The van der Waals surface area contributed by atoms with Crippen molar-refractivity contribution < 1.29 is 23.9 Å². The summed E-state index contributed by atoms with van der Waals surface area (Å²) in [6, 6.07) is 10.6. The minimum absolute atomic E-state index is 0.167. The first-order valence-corrected chi connectivity index (χ1v) is 9.63. The SMILES string of the molecule is O=C(COC(=O)C[C@@H]1Sc2ccccc2NC1=O)NNC(=O)c1cccs1. The van der Waals surface area contributed by atoms with Gasteiger partial charge in [-0.15, -0.1) is 23.1 Å². The van der Waals surface area contributed by atoms with Gasteiger partial charge < -0.3 is 10.1 Å². The van der Waals surface area contributed by atoms with Crippen molar-refractivity contribution in [3.8, 4) is 0 Å². The molecule has 3 rings (SSSR count). The maximum Gasteiger partial charge on any atom is 0.307 e. The molecule has 0 saturated carbocycles. The number of thioether (sulfide) groups is 1. The normalized spacial score (nSPS) is 15.3. The van der Waals surface area contributed by atoms with E-state index >= 15 is 0 Å². The van der Waals surface area contributed by atoms with E-state index in [0.29, 0.717) is 10.6 Å². The van der Waals surface area contributed by atoms with E-state index < -0.39 is 29.6 Å². The number of thiophene rings is 1. The van der Waals surface area contributed by atoms with Crippen LogP contribution in [0.25, 0.3) is 0 Å². The molecule has 0 unspecified atom stereocenters. The Morgan fingerprint density at radius 1 is 1.11 bits per heavy atom. The number of carbonyl (C=O) groups is 4. The van der Waals surface area contributed by atoms with Crippen LogP contribution in [0.4, 0.5) is 5.69 Å². The lowest BCUT2D eigenvalue weighted by Crippen LogP contribution is -2.43. The molecule has 0 bridgehead atoms. The maximum absolute atomic E-state index is 12.1. The monoisotopic (exact) mass is 405 g/mol. The molecule has 27 heavy (non-hydrogen) atoms. The van der Waals surface area contributed by atoms with E-state index in [4.69, 9.17) is 4.74 Å². The van der Waals surface area contributed by atoms with E-state index in [0.717, 1.165) is 4.90 Å². The number of fused-ring (bicyclic) bond motifs is 1. The molecule has 3 amide bonds. The Balaban J connectivity index is 1.41. The highest BCUT2D eigenvalue weighted by Gasteiger charge is 2.29. The van der Waals surface area contributed by atoms with Crippen LogP contribution >= 0.6 is 23.1 Å². The molecule has 1 aliphatic rings. The Morgan fingerprint density at radius 2 is 1.93 bits per heavy atom. The van der Waals surface area contributed by atoms with Crippen LogP contribution in [0.2, 0.25) is 0 Å². The summed E-state index contributed by atoms with van der Waals surface area (Å²) in [5, 5.41) is 3.83. The zero-order chi connectivity index (χ0) is 19.2. The first-order valence-electron chi connectivity index (χ1n) is 7.88. The first-order chi connectivity index (χ1) is 13.0. The Hall–Kier alpha value is -2.85. The molecule has 0 fully saturated rings. The Bertz CT molecular complexity index is 869. The van der Waals surface area contributed by atoms with Gasteiger partial charge >= 0.3 is 5.97 Å². The number of carbonyl (C=O) groups excluding carboxylic acids is 4. The number of benzene rings is 1. The number of amides is 3. The first kappa shape index (κ1) is 18.9. The number of ether oxygens (including phenoxy) is 1. The van der Waals surface area contributed by atoms with Crippen LogP contribution in [0.5, 0.6) is 0 Å². The highest BCUT2D eigenvalue weighted by Crippen LogP contribution is 2.36. The van der Waals surface area contributed by atoms with Gasteiger partial charge in [0.25, 0.3) is 11.8 Å². The summed E-state index contributed by atoms with van der Waals surface area (Å²) in [4.78, 5) is 48.6. The fourth-order valence-electron chi connectivity index (χ4n) is 2.22. The third-order valence-corrected chi connectivity index (χ3v) is 5.63. The second-order valence-corrected chi connectivity index (χ2v) is 7.63. The molecule has 0 spiro atoms. The molecular weight excluding hydrogens is 390 g/mol. The average Bonchev–Trinajstić information content (AvgIpc) is 3.20. The van der Waals surface area contributed by atoms with Crippen molar-refractivity contribution >= 4 is 52.5 Å². The molecule has 8 nitrogen and oxygen atoms in total. The molecule has 2 aromatic rings. The van der Waals surface area contributed by atoms with Crippen LogP contribution in [0.1, 0.15) is 16.1 Å². The second kappa shape index (κ2) is 8.69. The largest absolute Gasteiger partial charge is 0.455 e. The number of para-hydroxylation sites is 1. The molecular formula is C17H15N3O5S2. The number of esters is 1. The Morgan fingerprint density at radius 3 is 2.70 bits per heavy atom. The molecule has 3 N–H and O–H groups in total. The lowest BCUT2D eigenvalue weighted by molar-refractivity contribution is -0.149. The molecule has 0 radical (unpaired) electrons. The Kier molecular flexibility index (Phi) is 6.09. The quantitative estimate of drug-likeness (QED) is 0.514. The predicted octanol–water partition coefficient (Wildman–Crippen LogP) is 1.56. The zero-order valence-electron chi connectivity index (χ0n) is 13.9. The molecule has 10 heteroatoms. The van der Waals surface area contributed by atoms with Crippen molar-refractivity contribution in [2.45, 2.75) is 16.6 Å². The van der Waals surface area contributed by atoms with Gasteiger partial charge in [0.05, 0.1) is 22.2 Å². The lowest BCUT2D eigenvalue weighted by atomic mass is 10.2. The molecule has 1 atom stereocenters. The summed E-state index contributed by atoms with van der Waals surface area (Å²) in [7, 11) is 0. The van der Waals surface area contributed by atoms with Crippen molar-refractivity contribution in [3.63, 3.8) is 0 Å². The number of anilines is 1. The highest BCUT2D eigenvalue weighted by atomic mass is 32.2. The fourth-order valence-corrected chi connectivity index (χ4v) is 3.93. The summed E-state index contributed by atoms with van der Waals surface area (Å²) < 4.78 is 4.87. The molecule has 1 aliphatic heterocycles. The van der Waals surface area contributed by atoms with Gasteiger partial charge in [0.1, 0.15) is 0 Å². The van der Waals surface area contributed by atoms with Crippen molar-refractivity contribution in [2.24, 2.45) is 0 Å². The topological polar surface area (TPSA) is 114 Å². The predicted molar refractivity (Wildman–Crippen MR) is 100 cm³/mol. The van der Waals surface area contributed by atoms with Gasteiger partial charge in [-0.1, -0.05) is 18.2 Å². The van der Waals surface area contributed by atoms with Crippen LogP contribution in [0.15, 0.2) is 46.7 Å². The molecule has 2 heterocycles. The van der Waals surface area contributed by atoms with Gasteiger partial charge in [0.15, 0.2) is 6.61 Å². The van der Waals surface area contributed by atoms with E-state index in [9.17, 15) is 19.2 Å². The van der Waals surface area contributed by atoms with Gasteiger partial charge in [0, 0.05) is 4.90 Å². The number of nitrogens with one attached hydrogen (secondary N) is 3. The Labute approximate surface area is 162 Å². The third kappa shape index (κ3) is 5.08. The summed E-state index contributed by atoms with van der Waals surface area (Å²) >= 11 is 2.50. The van der Waals surface area contributed by atoms with Gasteiger partial charge in [-0.2, -0.15) is 0 Å². The number of hydrazine groups is 1. The van der Waals surface area contributed by atoms with Crippen LogP contribution < -0.4 is 16.2 Å². The number of hydrogen-bond donors (Lipinski definition) is 3. The van der Waals surface area contributed by atoms with Crippen molar-refractivity contribution in [1.82, 2.24) is 10.9 Å². The van der Waals surface area contributed by atoms with Crippen molar-refractivity contribution in [1.29, 1.82) is 0 Å². The van der Waals surface area contributed by atoms with E-state index in [1.807, 2.05) is 18.2 Å². The molecule has 0 aliphatic carbocycles. The number of rotatable bonds is 5. The van der Waals surface area contributed by atoms with Crippen LogP contribution in [-0.2, 0) is 19.1 Å². The summed E-state index contributed by atoms with van der Waals surface area (Å²) in [6.45, 7) is -0.556. The van der Waals surface area contributed by atoms with E-state index in [-0.39, 0.29) is 12.3 Å². The lowest BCUT2D eigenvalue weighted by Gasteiger charge is -2.23. The summed E-state index contributed by atoms with van der Waals surface area (Å²) in [5.41, 5.74) is 5.08. The third-order valence-electron chi connectivity index (χ3n) is 3.48. The molecule has 0 saturated heterocycles. The standard InChI is InChI=1S/C17H15N3O5S2/c21-14(19-20-17(24)12-6-3-7-26-12)9-25-15(22)8-13-16(23)18-10-4-1-2-5-11(10)27-13/h1-7,13H,8-9H2,(H,18,23)(H,19,21)(H,20,24)/t13-/m0/s1.